The summed E-state index contributed by atoms with van der Waals surface area (Å²) in [4.78, 5) is 14.6. The second-order valence-electron chi connectivity index (χ2n) is 6.15. The highest BCUT2D eigenvalue weighted by Crippen LogP contribution is 2.20. The predicted octanol–water partition coefficient (Wildman–Crippen LogP) is 3.37. The average molecular weight is 324 g/mol. The zero-order valence-electron chi connectivity index (χ0n) is 14.1. The van der Waals surface area contributed by atoms with Gasteiger partial charge < -0.3 is 15.0 Å². The molecule has 1 atom stereocenters. The van der Waals surface area contributed by atoms with Crippen LogP contribution >= 0.6 is 0 Å². The van der Waals surface area contributed by atoms with E-state index in [1.165, 1.54) is 18.5 Å². The molecule has 1 aliphatic rings. The van der Waals surface area contributed by atoms with Gasteiger partial charge >= 0.3 is 0 Å². The number of amides is 1. The first-order valence-electron chi connectivity index (χ1n) is 8.56. The first-order chi connectivity index (χ1) is 11.7. The molecular weight excluding hydrogens is 300 g/mol. The van der Waals surface area contributed by atoms with Crippen LogP contribution in [0.3, 0.4) is 0 Å². The van der Waals surface area contributed by atoms with Crippen molar-refractivity contribution in [2.75, 3.05) is 18.0 Å². The lowest BCUT2D eigenvalue weighted by Crippen LogP contribution is -2.35. The molecule has 0 aromatic heterocycles. The van der Waals surface area contributed by atoms with Crippen molar-refractivity contribution in [3.8, 4) is 5.75 Å². The highest BCUT2D eigenvalue weighted by atomic mass is 16.5. The Morgan fingerprint density at radius 3 is 2.42 bits per heavy atom. The van der Waals surface area contributed by atoms with E-state index in [9.17, 15) is 4.79 Å². The number of para-hydroxylation sites is 1. The Balaban J connectivity index is 1.48. The van der Waals surface area contributed by atoms with Crippen LogP contribution in [-0.2, 0) is 11.3 Å². The van der Waals surface area contributed by atoms with Crippen LogP contribution in [0.4, 0.5) is 5.69 Å². The largest absolute Gasteiger partial charge is 0.481 e. The molecule has 4 heteroatoms. The zero-order chi connectivity index (χ0) is 16.8. The number of carbonyl (C=O) groups is 1. The molecule has 0 radical (unpaired) electrons. The Hall–Kier alpha value is -2.49. The van der Waals surface area contributed by atoms with E-state index in [0.29, 0.717) is 12.3 Å². The van der Waals surface area contributed by atoms with E-state index in [2.05, 4.69) is 34.5 Å². The van der Waals surface area contributed by atoms with Gasteiger partial charge in [-0.15, -0.1) is 0 Å². The molecule has 0 aliphatic carbocycles. The van der Waals surface area contributed by atoms with Crippen LogP contribution in [0.1, 0.15) is 25.3 Å². The second kappa shape index (κ2) is 7.86. The maximum Gasteiger partial charge on any atom is 0.261 e. The molecule has 1 amide bonds. The molecule has 3 rings (SSSR count). The molecule has 24 heavy (non-hydrogen) atoms. The maximum atomic E-state index is 12.2. The van der Waals surface area contributed by atoms with E-state index in [1.54, 1.807) is 6.92 Å². The molecule has 4 nitrogen and oxygen atoms in total. The monoisotopic (exact) mass is 324 g/mol. The van der Waals surface area contributed by atoms with E-state index in [1.807, 2.05) is 30.3 Å². The van der Waals surface area contributed by atoms with Crippen LogP contribution in [0, 0.1) is 0 Å². The lowest BCUT2D eigenvalue weighted by molar-refractivity contribution is -0.127. The second-order valence-corrected chi connectivity index (χ2v) is 6.15. The lowest BCUT2D eigenvalue weighted by Gasteiger charge is -2.18. The van der Waals surface area contributed by atoms with Crippen LogP contribution in [0.5, 0.6) is 5.75 Å². The van der Waals surface area contributed by atoms with Gasteiger partial charge in [0.15, 0.2) is 6.10 Å². The van der Waals surface area contributed by atoms with Gasteiger partial charge in [-0.25, -0.2) is 0 Å². The average Bonchev–Trinajstić information content (AvgIpc) is 3.15. The Labute approximate surface area is 143 Å². The molecule has 2 aromatic carbocycles. The van der Waals surface area contributed by atoms with Crippen molar-refractivity contribution in [2.24, 2.45) is 0 Å². The molecule has 2 aromatic rings. The quantitative estimate of drug-likeness (QED) is 0.886. The van der Waals surface area contributed by atoms with Crippen molar-refractivity contribution in [3.63, 3.8) is 0 Å². The number of rotatable bonds is 6. The van der Waals surface area contributed by atoms with Crippen LogP contribution in [-0.4, -0.2) is 25.1 Å². The van der Waals surface area contributed by atoms with Crippen molar-refractivity contribution in [2.45, 2.75) is 32.4 Å². The molecule has 0 spiro atoms. The molecule has 1 heterocycles. The smallest absolute Gasteiger partial charge is 0.261 e. The summed E-state index contributed by atoms with van der Waals surface area (Å²) in [6.45, 7) is 4.56. The molecular formula is C20H24N2O2. The topological polar surface area (TPSA) is 41.6 Å². The molecule has 1 saturated heterocycles. The van der Waals surface area contributed by atoms with Gasteiger partial charge in [-0.05, 0) is 49.6 Å². The maximum absolute atomic E-state index is 12.2. The summed E-state index contributed by atoms with van der Waals surface area (Å²) in [5.74, 6) is 0.595. The predicted molar refractivity (Wildman–Crippen MR) is 96.3 cm³/mol. The Kier molecular flexibility index (Phi) is 5.36. The standard InChI is InChI=1S/C20H24N2O2/c1-16(24-19-7-3-2-4-8-19)20(23)21-15-17-9-11-18(12-10-17)22-13-5-6-14-22/h2-4,7-12,16H,5-6,13-15H2,1H3,(H,21,23)/t16-/m1/s1. The number of hydrogen-bond acceptors (Lipinski definition) is 3. The highest BCUT2D eigenvalue weighted by Gasteiger charge is 2.15. The third-order valence-corrected chi connectivity index (χ3v) is 4.30. The van der Waals surface area contributed by atoms with Crippen molar-refractivity contribution in [1.29, 1.82) is 0 Å². The first-order valence-corrected chi connectivity index (χ1v) is 8.56. The van der Waals surface area contributed by atoms with Crippen molar-refractivity contribution in [1.82, 2.24) is 5.32 Å². The first kappa shape index (κ1) is 16.4. The SMILES string of the molecule is C[C@@H](Oc1ccccc1)C(=O)NCc1ccc(N2CCCC2)cc1. The van der Waals surface area contributed by atoms with E-state index < -0.39 is 6.10 Å². The highest BCUT2D eigenvalue weighted by molar-refractivity contribution is 5.80. The van der Waals surface area contributed by atoms with Crippen LogP contribution < -0.4 is 15.0 Å². The van der Waals surface area contributed by atoms with Gasteiger partial charge in [-0.3, -0.25) is 4.79 Å². The number of benzene rings is 2. The number of ether oxygens (including phenoxy) is 1. The number of hydrogen-bond donors (Lipinski definition) is 1. The third-order valence-electron chi connectivity index (χ3n) is 4.30. The van der Waals surface area contributed by atoms with Gasteiger partial charge in [0.1, 0.15) is 5.75 Å². The summed E-state index contributed by atoms with van der Waals surface area (Å²) in [6, 6.07) is 17.8. The molecule has 0 bridgehead atoms. The summed E-state index contributed by atoms with van der Waals surface area (Å²) in [7, 11) is 0. The fourth-order valence-corrected chi connectivity index (χ4v) is 2.89. The van der Waals surface area contributed by atoms with Gasteiger partial charge in [0.25, 0.3) is 5.91 Å². The molecule has 1 fully saturated rings. The van der Waals surface area contributed by atoms with E-state index in [-0.39, 0.29) is 5.91 Å². The number of nitrogens with one attached hydrogen (secondary N) is 1. The molecule has 1 N–H and O–H groups in total. The normalized spacial score (nSPS) is 15.1. The summed E-state index contributed by atoms with van der Waals surface area (Å²) in [6.07, 6.45) is 2.03. The third kappa shape index (κ3) is 4.28. The summed E-state index contributed by atoms with van der Waals surface area (Å²) >= 11 is 0. The summed E-state index contributed by atoms with van der Waals surface area (Å²) in [5.41, 5.74) is 2.36. The molecule has 0 saturated carbocycles. The van der Waals surface area contributed by atoms with Crippen molar-refractivity contribution in [3.05, 3.63) is 60.2 Å². The van der Waals surface area contributed by atoms with Crippen LogP contribution in [0.2, 0.25) is 0 Å². The van der Waals surface area contributed by atoms with Crippen molar-refractivity contribution < 1.29 is 9.53 Å². The number of carbonyl (C=O) groups excluding carboxylic acids is 1. The molecule has 126 valence electrons. The summed E-state index contributed by atoms with van der Waals surface area (Å²) < 4.78 is 5.63. The van der Waals surface area contributed by atoms with Gasteiger partial charge in [-0.1, -0.05) is 30.3 Å². The van der Waals surface area contributed by atoms with E-state index >= 15 is 0 Å². The lowest BCUT2D eigenvalue weighted by atomic mass is 10.2. The number of nitrogens with zero attached hydrogens (tertiary/aromatic N) is 1. The molecule has 0 unspecified atom stereocenters. The Morgan fingerprint density at radius 1 is 1.08 bits per heavy atom. The Morgan fingerprint density at radius 2 is 1.75 bits per heavy atom. The number of anilines is 1. The van der Waals surface area contributed by atoms with Crippen LogP contribution in [0.15, 0.2) is 54.6 Å². The summed E-state index contributed by atoms with van der Waals surface area (Å²) in [5, 5.41) is 2.93. The fourth-order valence-electron chi connectivity index (χ4n) is 2.89. The zero-order valence-corrected chi connectivity index (χ0v) is 14.1. The van der Waals surface area contributed by atoms with Crippen LogP contribution in [0.25, 0.3) is 0 Å². The van der Waals surface area contributed by atoms with Gasteiger partial charge in [0, 0.05) is 25.3 Å². The fraction of sp³-hybridized carbons (Fsp3) is 0.350. The van der Waals surface area contributed by atoms with Gasteiger partial charge in [0.05, 0.1) is 0 Å². The minimum atomic E-state index is -0.517. The molecule has 1 aliphatic heterocycles. The van der Waals surface area contributed by atoms with Gasteiger partial charge in [0.2, 0.25) is 0 Å². The van der Waals surface area contributed by atoms with E-state index in [4.69, 9.17) is 4.74 Å². The van der Waals surface area contributed by atoms with Crippen molar-refractivity contribution >= 4 is 11.6 Å². The Bertz CT molecular complexity index is 649. The minimum Gasteiger partial charge on any atom is -0.481 e. The van der Waals surface area contributed by atoms with E-state index in [0.717, 1.165) is 18.7 Å². The minimum absolute atomic E-state index is 0.109. The van der Waals surface area contributed by atoms with Gasteiger partial charge in [-0.2, -0.15) is 0 Å².